The van der Waals surface area contributed by atoms with Gasteiger partial charge in [-0.15, -0.1) is 0 Å². The van der Waals surface area contributed by atoms with Crippen LogP contribution in [0, 0.1) is 0 Å². The molecule has 1 fully saturated rings. The van der Waals surface area contributed by atoms with Crippen LogP contribution < -0.4 is 0 Å². The van der Waals surface area contributed by atoms with Crippen molar-refractivity contribution in [2.24, 2.45) is 0 Å². The van der Waals surface area contributed by atoms with E-state index in [-0.39, 0.29) is 5.60 Å². The van der Waals surface area contributed by atoms with Crippen molar-refractivity contribution < 1.29 is 9.47 Å². The van der Waals surface area contributed by atoms with Gasteiger partial charge < -0.3 is 14.4 Å². The lowest BCUT2D eigenvalue weighted by molar-refractivity contribution is -0.103. The number of ether oxygens (including phenoxy) is 2. The first kappa shape index (κ1) is 9.96. The van der Waals surface area contributed by atoms with E-state index in [9.17, 15) is 0 Å². The molecule has 1 heterocycles. The molecule has 0 aromatic carbocycles. The summed E-state index contributed by atoms with van der Waals surface area (Å²) < 4.78 is 10.8. The van der Waals surface area contributed by atoms with Gasteiger partial charge in [0.2, 0.25) is 0 Å². The lowest BCUT2D eigenvalue weighted by Crippen LogP contribution is -2.48. The fourth-order valence-electron chi connectivity index (χ4n) is 1.61. The topological polar surface area (TPSA) is 21.7 Å². The van der Waals surface area contributed by atoms with Crippen molar-refractivity contribution in [1.29, 1.82) is 0 Å². The summed E-state index contributed by atoms with van der Waals surface area (Å²) >= 11 is 0. The van der Waals surface area contributed by atoms with Gasteiger partial charge in [0.15, 0.2) is 0 Å². The summed E-state index contributed by atoms with van der Waals surface area (Å²) in [6.07, 6.45) is 0.980. The van der Waals surface area contributed by atoms with Crippen LogP contribution in [0.2, 0.25) is 0 Å². The zero-order chi connectivity index (χ0) is 9.03. The van der Waals surface area contributed by atoms with E-state index < -0.39 is 0 Å². The molecule has 3 nitrogen and oxygen atoms in total. The van der Waals surface area contributed by atoms with Gasteiger partial charge in [0.25, 0.3) is 0 Å². The van der Waals surface area contributed by atoms with Crippen molar-refractivity contribution in [3.8, 4) is 0 Å². The quantitative estimate of drug-likeness (QED) is 0.628. The maximum absolute atomic E-state index is 5.72. The zero-order valence-electron chi connectivity index (χ0n) is 8.30. The van der Waals surface area contributed by atoms with E-state index >= 15 is 0 Å². The van der Waals surface area contributed by atoms with Crippen LogP contribution in [0.5, 0.6) is 0 Å². The molecular weight excluding hydrogens is 154 g/mol. The van der Waals surface area contributed by atoms with Crippen molar-refractivity contribution >= 4 is 0 Å². The molecule has 0 saturated carbocycles. The molecule has 12 heavy (non-hydrogen) atoms. The molecule has 1 aliphatic rings. The number of likely N-dealkylation sites (N-methyl/N-ethyl adjacent to an activating group) is 1. The van der Waals surface area contributed by atoms with Gasteiger partial charge in [0, 0.05) is 33.2 Å². The first-order chi connectivity index (χ1) is 5.66. The highest BCUT2D eigenvalue weighted by Crippen LogP contribution is 2.20. The van der Waals surface area contributed by atoms with Gasteiger partial charge in [0.1, 0.15) is 0 Å². The fraction of sp³-hybridized carbons (Fsp3) is 1.00. The number of morpholine rings is 1. The second-order valence-corrected chi connectivity index (χ2v) is 3.78. The average Bonchev–Trinajstić information content (AvgIpc) is 2.01. The van der Waals surface area contributed by atoms with Crippen LogP contribution in [0.1, 0.15) is 13.3 Å². The third-order valence-electron chi connectivity index (χ3n) is 2.36. The van der Waals surface area contributed by atoms with Gasteiger partial charge >= 0.3 is 0 Å². The van der Waals surface area contributed by atoms with Gasteiger partial charge in [-0.3, -0.25) is 0 Å². The van der Waals surface area contributed by atoms with Gasteiger partial charge in [-0.1, -0.05) is 0 Å². The molecule has 0 aromatic rings. The molecule has 0 N–H and O–H groups in total. The Morgan fingerprint density at radius 2 is 2.33 bits per heavy atom. The summed E-state index contributed by atoms with van der Waals surface area (Å²) in [5, 5.41) is 0. The summed E-state index contributed by atoms with van der Waals surface area (Å²) in [5.74, 6) is 0. The van der Waals surface area contributed by atoms with Crippen molar-refractivity contribution in [2.45, 2.75) is 18.9 Å². The predicted octanol–water partition coefficient (Wildman–Crippen LogP) is 0.744. The lowest BCUT2D eigenvalue weighted by atomic mass is 10.0. The number of hydrogen-bond donors (Lipinski definition) is 0. The minimum absolute atomic E-state index is 0.00299. The molecule has 1 saturated heterocycles. The highest BCUT2D eigenvalue weighted by atomic mass is 16.5. The number of nitrogens with zero attached hydrogens (tertiary/aromatic N) is 1. The summed E-state index contributed by atoms with van der Waals surface area (Å²) in [6, 6.07) is 0. The van der Waals surface area contributed by atoms with Crippen LogP contribution in [-0.4, -0.2) is 51.0 Å². The number of rotatable bonds is 3. The normalized spacial score (nSPS) is 32.2. The molecule has 0 radical (unpaired) electrons. The minimum Gasteiger partial charge on any atom is -0.385 e. The Balaban J connectivity index is 2.35. The van der Waals surface area contributed by atoms with E-state index in [0.717, 1.165) is 32.7 Å². The maximum Gasteiger partial charge on any atom is 0.0803 e. The Kier molecular flexibility index (Phi) is 3.50. The standard InChI is InChI=1S/C9H19NO2/c1-9(4-6-11-3)8-10(2)5-7-12-9/h4-8H2,1-3H3/t9-/m1/s1. The van der Waals surface area contributed by atoms with Crippen molar-refractivity contribution in [3.05, 3.63) is 0 Å². The van der Waals surface area contributed by atoms with Crippen molar-refractivity contribution in [1.82, 2.24) is 4.90 Å². The molecule has 1 atom stereocenters. The second kappa shape index (κ2) is 4.21. The zero-order valence-corrected chi connectivity index (χ0v) is 8.30. The van der Waals surface area contributed by atoms with Crippen LogP contribution in [0.4, 0.5) is 0 Å². The Morgan fingerprint density at radius 3 is 2.92 bits per heavy atom. The highest BCUT2D eigenvalue weighted by molar-refractivity contribution is 4.82. The minimum atomic E-state index is 0.00299. The molecule has 0 amide bonds. The van der Waals surface area contributed by atoms with Crippen LogP contribution in [0.25, 0.3) is 0 Å². The molecule has 0 aliphatic carbocycles. The molecule has 0 aromatic heterocycles. The Hall–Kier alpha value is -0.120. The van der Waals surface area contributed by atoms with Crippen LogP contribution in [-0.2, 0) is 9.47 Å². The number of hydrogen-bond acceptors (Lipinski definition) is 3. The molecular formula is C9H19NO2. The Bertz CT molecular complexity index is 140. The van der Waals surface area contributed by atoms with Crippen LogP contribution in [0.15, 0.2) is 0 Å². The molecule has 1 rings (SSSR count). The lowest BCUT2D eigenvalue weighted by Gasteiger charge is -2.38. The van der Waals surface area contributed by atoms with Gasteiger partial charge in [0.05, 0.1) is 12.2 Å². The summed E-state index contributed by atoms with van der Waals surface area (Å²) in [7, 11) is 3.86. The monoisotopic (exact) mass is 173 g/mol. The SMILES string of the molecule is COCC[C@]1(C)CN(C)CCO1. The third kappa shape index (κ3) is 2.73. The average molecular weight is 173 g/mol. The Morgan fingerprint density at radius 1 is 1.58 bits per heavy atom. The fourth-order valence-corrected chi connectivity index (χ4v) is 1.61. The molecule has 0 unspecified atom stereocenters. The van der Waals surface area contributed by atoms with Crippen molar-refractivity contribution in [2.75, 3.05) is 40.5 Å². The van der Waals surface area contributed by atoms with Crippen LogP contribution in [0.3, 0.4) is 0 Å². The van der Waals surface area contributed by atoms with E-state index in [0.29, 0.717) is 0 Å². The predicted molar refractivity (Wildman–Crippen MR) is 48.3 cm³/mol. The largest absolute Gasteiger partial charge is 0.385 e. The third-order valence-corrected chi connectivity index (χ3v) is 2.36. The first-order valence-corrected chi connectivity index (χ1v) is 4.48. The van der Waals surface area contributed by atoms with Gasteiger partial charge in [-0.2, -0.15) is 0 Å². The first-order valence-electron chi connectivity index (χ1n) is 4.48. The second-order valence-electron chi connectivity index (χ2n) is 3.78. The number of methoxy groups -OCH3 is 1. The molecule has 3 heteroatoms. The molecule has 1 aliphatic heterocycles. The van der Waals surface area contributed by atoms with Crippen molar-refractivity contribution in [3.63, 3.8) is 0 Å². The highest BCUT2D eigenvalue weighted by Gasteiger charge is 2.29. The molecule has 0 bridgehead atoms. The van der Waals surface area contributed by atoms with E-state index in [4.69, 9.17) is 9.47 Å². The molecule has 72 valence electrons. The smallest absolute Gasteiger partial charge is 0.0803 e. The summed E-state index contributed by atoms with van der Waals surface area (Å²) in [5.41, 5.74) is 0.00299. The van der Waals surface area contributed by atoms with Crippen LogP contribution >= 0.6 is 0 Å². The summed E-state index contributed by atoms with van der Waals surface area (Å²) in [4.78, 5) is 2.30. The van der Waals surface area contributed by atoms with Gasteiger partial charge in [-0.25, -0.2) is 0 Å². The van der Waals surface area contributed by atoms with E-state index in [1.54, 1.807) is 7.11 Å². The molecule has 0 spiro atoms. The van der Waals surface area contributed by atoms with E-state index in [2.05, 4.69) is 18.9 Å². The Labute approximate surface area is 74.6 Å². The summed E-state index contributed by atoms with van der Waals surface area (Å²) in [6.45, 7) is 5.83. The maximum atomic E-state index is 5.72. The van der Waals surface area contributed by atoms with Gasteiger partial charge in [-0.05, 0) is 14.0 Å². The van der Waals surface area contributed by atoms with E-state index in [1.165, 1.54) is 0 Å². The van der Waals surface area contributed by atoms with E-state index in [1.807, 2.05) is 0 Å².